The van der Waals surface area contributed by atoms with Crippen molar-refractivity contribution in [3.8, 4) is 0 Å². The molecule has 0 aromatic heterocycles. The zero-order valence-electron chi connectivity index (χ0n) is 37.9. The number of carboxylic acid groups (broad SMARTS) is 2. The van der Waals surface area contributed by atoms with E-state index in [1.165, 1.54) is 0 Å². The number of hydrogen-bond acceptors (Lipinski definition) is 10. The number of ketones is 1. The first-order valence-electron chi connectivity index (χ1n) is 24.0. The third kappa shape index (κ3) is 9.05. The molecule has 21 atom stereocenters. The van der Waals surface area contributed by atoms with Crippen LogP contribution < -0.4 is 0 Å². The third-order valence-electron chi connectivity index (χ3n) is 20.5. The molecule has 0 aromatic carbocycles. The van der Waals surface area contributed by atoms with Crippen molar-refractivity contribution in [1.29, 1.82) is 0 Å². The van der Waals surface area contributed by atoms with Gasteiger partial charge < -0.3 is 35.7 Å². The Morgan fingerprint density at radius 1 is 0.677 bits per heavy atom. The number of aliphatic carboxylic acids is 2. The first kappa shape index (κ1) is 51.6. The van der Waals surface area contributed by atoms with Gasteiger partial charge in [-0.25, -0.2) is 0 Å². The Morgan fingerprint density at radius 3 is 1.61 bits per heavy atom. The van der Waals surface area contributed by atoms with Crippen molar-refractivity contribution in [2.75, 3.05) is 0 Å². The van der Waals surface area contributed by atoms with E-state index in [0.717, 1.165) is 77.0 Å². The first-order valence-corrected chi connectivity index (χ1v) is 24.4. The van der Waals surface area contributed by atoms with E-state index in [1.807, 2.05) is 0 Å². The molecular weight excluding hydrogens is 805 g/mol. The van der Waals surface area contributed by atoms with Crippen molar-refractivity contribution in [3.63, 3.8) is 0 Å². The van der Waals surface area contributed by atoms with Crippen molar-refractivity contribution in [3.05, 3.63) is 0 Å². The molecule has 7 N–H and O–H groups in total. The SMILES string of the molecule is C.C[C@H](CCC(=O)O)[C@H]1CCC2[C@@H]3C(=O)C[C@@H]4C[C@H](O)CC[C@]4(C)C3C[C@H](O)[C@@]21C.C[C@H](CCC(=O)O)[C@H]1CCC2[C@H]3C(C[C@H](O)[C@@]21C)[C@@]1(C)CC[C@@H](O)C[C@H]1C[C@H]3O.[B]=NS. The number of nitrogens with zero attached hydrogens (tertiary/aromatic N) is 1. The Hall–Kier alpha value is -1.38. The van der Waals surface area contributed by atoms with Gasteiger partial charge in [-0.1, -0.05) is 49.0 Å². The predicted molar refractivity (Wildman–Crippen MR) is 243 cm³/mol. The van der Waals surface area contributed by atoms with Crippen LogP contribution in [0.5, 0.6) is 0 Å². The Kier molecular flexibility index (Phi) is 16.5. The van der Waals surface area contributed by atoms with Crippen LogP contribution in [0, 0.1) is 92.7 Å². The van der Waals surface area contributed by atoms with E-state index in [1.54, 1.807) is 0 Å². The van der Waals surface area contributed by atoms with Crippen LogP contribution in [0.2, 0.25) is 0 Å². The number of Topliss-reactive ketones (excluding diaryl/α,β-unsaturated/α-hetero) is 1. The molecule has 0 spiro atoms. The summed E-state index contributed by atoms with van der Waals surface area (Å²) in [6, 6.07) is 0. The van der Waals surface area contributed by atoms with Gasteiger partial charge >= 0.3 is 36.7 Å². The van der Waals surface area contributed by atoms with Gasteiger partial charge in [0.1, 0.15) is 5.78 Å². The summed E-state index contributed by atoms with van der Waals surface area (Å²) in [6.45, 7) is 13.3. The summed E-state index contributed by atoms with van der Waals surface area (Å²) in [6.07, 6.45) is 11.7. The van der Waals surface area contributed by atoms with Crippen LogP contribution in [0.25, 0.3) is 0 Å². The van der Waals surface area contributed by atoms with Gasteiger partial charge in [0.25, 0.3) is 0 Å². The molecule has 0 heterocycles. The number of fused-ring (bicyclic) bond motifs is 10. The van der Waals surface area contributed by atoms with E-state index in [4.69, 9.17) is 10.2 Å². The number of carbonyl (C=O) groups excluding carboxylic acids is 1. The molecule has 353 valence electrons. The van der Waals surface area contributed by atoms with E-state index in [0.29, 0.717) is 55.1 Å². The van der Waals surface area contributed by atoms with Gasteiger partial charge in [0.2, 0.25) is 0 Å². The monoisotopic (exact) mass is 889 g/mol. The maximum atomic E-state index is 13.4. The van der Waals surface area contributed by atoms with Gasteiger partial charge in [-0.15, -0.1) is 0 Å². The van der Waals surface area contributed by atoms with Crippen molar-refractivity contribution in [1.82, 2.24) is 0 Å². The van der Waals surface area contributed by atoms with Gasteiger partial charge in [0, 0.05) is 30.6 Å². The fourth-order valence-electron chi connectivity index (χ4n) is 17.1. The van der Waals surface area contributed by atoms with Gasteiger partial charge in [-0.05, 0) is 178 Å². The maximum absolute atomic E-state index is 13.4. The van der Waals surface area contributed by atoms with Crippen LogP contribution in [0.3, 0.4) is 0 Å². The summed E-state index contributed by atoms with van der Waals surface area (Å²) in [7, 11) is 4.34. The molecule has 8 aliphatic rings. The van der Waals surface area contributed by atoms with Crippen LogP contribution in [0.1, 0.15) is 165 Å². The number of aliphatic hydroxyl groups is 5. The third-order valence-corrected chi connectivity index (χ3v) is 20.5. The average molecular weight is 889 g/mol. The van der Waals surface area contributed by atoms with Crippen molar-refractivity contribution in [2.45, 2.75) is 195 Å². The minimum atomic E-state index is -0.762. The molecule has 0 saturated heterocycles. The molecule has 0 aliphatic heterocycles. The van der Waals surface area contributed by atoms with Crippen LogP contribution in [0.15, 0.2) is 4.30 Å². The molecule has 0 aromatic rings. The first-order chi connectivity index (χ1) is 28.6. The molecule has 62 heavy (non-hydrogen) atoms. The summed E-state index contributed by atoms with van der Waals surface area (Å²) < 4.78 is 2.69. The second kappa shape index (κ2) is 19.8. The second-order valence-electron chi connectivity index (χ2n) is 22.8. The summed E-state index contributed by atoms with van der Waals surface area (Å²) in [5, 5.41) is 72.7. The van der Waals surface area contributed by atoms with Gasteiger partial charge in [0.05, 0.1) is 30.5 Å². The molecule has 0 bridgehead atoms. The molecule has 4 unspecified atom stereocenters. The van der Waals surface area contributed by atoms with E-state index < -0.39 is 24.1 Å². The van der Waals surface area contributed by atoms with Crippen LogP contribution in [-0.4, -0.2) is 91.6 Å². The number of rotatable bonds is 8. The van der Waals surface area contributed by atoms with E-state index >= 15 is 0 Å². The number of carboxylic acids is 2. The summed E-state index contributed by atoms with van der Waals surface area (Å²) in [4.78, 5) is 35.5. The van der Waals surface area contributed by atoms with Crippen molar-refractivity contribution in [2.24, 2.45) is 97.0 Å². The topological polar surface area (TPSA) is 205 Å². The average Bonchev–Trinajstić information content (AvgIpc) is 3.74. The standard InChI is InChI=1S/C24H40O5.C24H38O5.CH4.BHNS/c2*1-13(4-7-21(28)29)16-5-6-17-22-18(12-20(27)24(16,17)3)23(2)9-8-15(25)10-14(23)11-19(22)26;;1-2-3/h13-20,22,25-27H,4-12H2,1-3H3,(H,28,29);13-18,20,22,25,27H,4-12H2,1-3H3,(H,28,29);1H4;3H/t13-,14+,15-,16-,17?,18?,19-,20+,22+,23+,24-;13-,14+,15-,16-,17?,18?,20+,22+,23+,24-;;/m11../s1. The molecule has 13 heteroatoms. The number of hydrogen-bond donors (Lipinski definition) is 8. The number of aliphatic hydroxyl groups excluding tert-OH is 5. The Balaban J connectivity index is 0.000000217. The summed E-state index contributed by atoms with van der Waals surface area (Å²) in [5.41, 5.74) is -0.408. The van der Waals surface area contributed by atoms with Gasteiger partial charge in [-0.2, -0.15) is 0 Å². The van der Waals surface area contributed by atoms with E-state index in [-0.39, 0.29) is 108 Å². The molecule has 8 aliphatic carbocycles. The van der Waals surface area contributed by atoms with Crippen LogP contribution in [-0.2, 0) is 14.4 Å². The molecule has 0 amide bonds. The summed E-state index contributed by atoms with van der Waals surface area (Å²) in [5.74, 6) is 1.77. The van der Waals surface area contributed by atoms with Gasteiger partial charge in [-0.3, -0.25) is 14.4 Å². The molecular formula is C49H83BNO10S. The fourth-order valence-corrected chi connectivity index (χ4v) is 17.1. The zero-order chi connectivity index (χ0) is 45.0. The molecule has 8 fully saturated rings. The number of thiol groups is 1. The molecule has 8 saturated carbocycles. The van der Waals surface area contributed by atoms with Gasteiger partial charge in [0.15, 0.2) is 0 Å². The van der Waals surface area contributed by atoms with Crippen molar-refractivity contribution >= 4 is 38.2 Å². The zero-order valence-corrected chi connectivity index (χ0v) is 38.8. The minimum absolute atomic E-state index is 0. The molecule has 11 nitrogen and oxygen atoms in total. The Bertz CT molecular complexity index is 1600. The van der Waals surface area contributed by atoms with E-state index in [9.17, 15) is 39.9 Å². The van der Waals surface area contributed by atoms with Crippen LogP contribution >= 0.6 is 12.8 Å². The fraction of sp³-hybridized carbons (Fsp3) is 0.939. The summed E-state index contributed by atoms with van der Waals surface area (Å²) >= 11 is 3.19. The Labute approximate surface area is 379 Å². The number of carbonyl (C=O) groups is 3. The second-order valence-corrected chi connectivity index (χ2v) is 23.0. The van der Waals surface area contributed by atoms with Crippen LogP contribution in [0.4, 0.5) is 0 Å². The predicted octanol–water partition coefficient (Wildman–Crippen LogP) is 7.93. The van der Waals surface area contributed by atoms with Crippen molar-refractivity contribution < 1.29 is 50.1 Å². The van der Waals surface area contributed by atoms with E-state index in [2.05, 4.69) is 66.3 Å². The normalized spacial score (nSPS) is 48.5. The Morgan fingerprint density at radius 2 is 1.11 bits per heavy atom. The molecule has 1 radical (unpaired) electrons. The quantitative estimate of drug-likeness (QED) is 0.0873. The molecule has 8 rings (SSSR count).